The third kappa shape index (κ3) is 2.16. The molecule has 1 aliphatic rings. The lowest BCUT2D eigenvalue weighted by molar-refractivity contribution is -0.942. The SMILES string of the molecule is C=CC[NH+]1CC[NH2+]CC1. The molecule has 0 unspecified atom stereocenters. The number of nitrogens with one attached hydrogen (secondary N) is 1. The van der Waals surface area contributed by atoms with Crippen molar-refractivity contribution >= 4 is 0 Å². The summed E-state index contributed by atoms with van der Waals surface area (Å²) in [6, 6.07) is 0. The van der Waals surface area contributed by atoms with Crippen LogP contribution in [-0.2, 0) is 0 Å². The van der Waals surface area contributed by atoms with Gasteiger partial charge in [0, 0.05) is 0 Å². The Labute approximate surface area is 56.5 Å². The van der Waals surface area contributed by atoms with E-state index < -0.39 is 0 Å². The van der Waals surface area contributed by atoms with Gasteiger partial charge in [0.15, 0.2) is 0 Å². The van der Waals surface area contributed by atoms with Gasteiger partial charge >= 0.3 is 0 Å². The first-order valence-corrected chi connectivity index (χ1v) is 3.69. The van der Waals surface area contributed by atoms with Gasteiger partial charge in [-0.2, -0.15) is 0 Å². The Kier molecular flexibility index (Phi) is 2.74. The topological polar surface area (TPSA) is 21.1 Å². The summed E-state index contributed by atoms with van der Waals surface area (Å²) in [6.45, 7) is 10.1. The molecular formula is C7H16N2+2. The Balaban J connectivity index is 2.15. The molecule has 0 spiro atoms. The number of quaternary nitrogens is 2. The average molecular weight is 128 g/mol. The van der Waals surface area contributed by atoms with Crippen LogP contribution in [0.2, 0.25) is 0 Å². The first-order chi connectivity index (χ1) is 4.43. The summed E-state index contributed by atoms with van der Waals surface area (Å²) in [5, 5.41) is 2.38. The van der Waals surface area contributed by atoms with Crippen molar-refractivity contribution in [1.29, 1.82) is 0 Å². The van der Waals surface area contributed by atoms with Crippen molar-refractivity contribution in [2.75, 3.05) is 32.7 Å². The molecule has 1 rings (SSSR count). The molecular weight excluding hydrogens is 112 g/mol. The molecule has 3 N–H and O–H groups in total. The summed E-state index contributed by atoms with van der Waals surface area (Å²) in [4.78, 5) is 1.69. The fourth-order valence-electron chi connectivity index (χ4n) is 1.29. The zero-order chi connectivity index (χ0) is 6.53. The number of hydrogen-bond acceptors (Lipinski definition) is 0. The summed E-state index contributed by atoms with van der Waals surface area (Å²) in [6.07, 6.45) is 2.01. The fraction of sp³-hybridized carbons (Fsp3) is 0.714. The van der Waals surface area contributed by atoms with E-state index in [1.54, 1.807) is 4.90 Å². The van der Waals surface area contributed by atoms with E-state index in [9.17, 15) is 0 Å². The second-order valence-corrected chi connectivity index (χ2v) is 2.61. The molecule has 2 nitrogen and oxygen atoms in total. The lowest BCUT2D eigenvalue weighted by Gasteiger charge is -2.20. The van der Waals surface area contributed by atoms with Gasteiger partial charge in [-0.1, -0.05) is 6.58 Å². The zero-order valence-corrected chi connectivity index (χ0v) is 5.90. The molecule has 2 heteroatoms. The number of hydrogen-bond donors (Lipinski definition) is 2. The first-order valence-electron chi connectivity index (χ1n) is 3.69. The maximum Gasteiger partial charge on any atom is 0.127 e. The predicted molar refractivity (Wildman–Crippen MR) is 37.4 cm³/mol. The van der Waals surface area contributed by atoms with Gasteiger partial charge in [-0.25, -0.2) is 0 Å². The summed E-state index contributed by atoms with van der Waals surface area (Å²) >= 11 is 0. The molecule has 0 aromatic carbocycles. The third-order valence-corrected chi connectivity index (χ3v) is 1.84. The van der Waals surface area contributed by atoms with Gasteiger partial charge in [0.2, 0.25) is 0 Å². The van der Waals surface area contributed by atoms with Gasteiger partial charge in [-0.15, -0.1) is 0 Å². The quantitative estimate of drug-likeness (QED) is 0.388. The molecule has 0 atom stereocenters. The van der Waals surface area contributed by atoms with Crippen molar-refractivity contribution in [3.8, 4) is 0 Å². The maximum absolute atomic E-state index is 3.72. The molecule has 52 valence electrons. The molecule has 0 amide bonds. The van der Waals surface area contributed by atoms with Crippen LogP contribution < -0.4 is 10.2 Å². The van der Waals surface area contributed by atoms with Gasteiger partial charge in [-0.3, -0.25) is 0 Å². The molecule has 0 radical (unpaired) electrons. The van der Waals surface area contributed by atoms with E-state index in [0.29, 0.717) is 0 Å². The largest absolute Gasteiger partial charge is 0.337 e. The highest BCUT2D eigenvalue weighted by Crippen LogP contribution is 1.55. The van der Waals surface area contributed by atoms with Gasteiger partial charge in [0.1, 0.15) is 26.2 Å². The Morgan fingerprint density at radius 2 is 2.11 bits per heavy atom. The van der Waals surface area contributed by atoms with Crippen molar-refractivity contribution in [3.63, 3.8) is 0 Å². The van der Waals surface area contributed by atoms with Crippen molar-refractivity contribution < 1.29 is 10.2 Å². The third-order valence-electron chi connectivity index (χ3n) is 1.84. The van der Waals surface area contributed by atoms with Crippen molar-refractivity contribution in [1.82, 2.24) is 0 Å². The summed E-state index contributed by atoms with van der Waals surface area (Å²) in [5.41, 5.74) is 0. The number of rotatable bonds is 2. The van der Waals surface area contributed by atoms with E-state index in [2.05, 4.69) is 11.9 Å². The standard InChI is InChI=1S/C7H14N2/c1-2-5-9-6-3-8-4-7-9/h2,8H,1,3-7H2/p+2. The summed E-state index contributed by atoms with van der Waals surface area (Å²) in [5.74, 6) is 0. The number of piperazine rings is 1. The van der Waals surface area contributed by atoms with E-state index in [0.717, 1.165) is 6.54 Å². The molecule has 0 aromatic rings. The Morgan fingerprint density at radius 3 is 2.67 bits per heavy atom. The van der Waals surface area contributed by atoms with Crippen LogP contribution in [0.4, 0.5) is 0 Å². The highest BCUT2D eigenvalue weighted by molar-refractivity contribution is 4.62. The van der Waals surface area contributed by atoms with Crippen molar-refractivity contribution in [2.24, 2.45) is 0 Å². The van der Waals surface area contributed by atoms with E-state index in [-0.39, 0.29) is 0 Å². The van der Waals surface area contributed by atoms with Crippen LogP contribution in [0.5, 0.6) is 0 Å². The van der Waals surface area contributed by atoms with Gasteiger partial charge in [0.05, 0.1) is 6.54 Å². The van der Waals surface area contributed by atoms with Crippen molar-refractivity contribution in [3.05, 3.63) is 12.7 Å². The van der Waals surface area contributed by atoms with Crippen molar-refractivity contribution in [2.45, 2.75) is 0 Å². The van der Waals surface area contributed by atoms with E-state index in [4.69, 9.17) is 0 Å². The van der Waals surface area contributed by atoms with Crippen LogP contribution in [0, 0.1) is 0 Å². The molecule has 1 saturated heterocycles. The molecule has 0 bridgehead atoms. The van der Waals surface area contributed by atoms with Crippen LogP contribution in [0.25, 0.3) is 0 Å². The monoisotopic (exact) mass is 128 g/mol. The minimum Gasteiger partial charge on any atom is -0.337 e. The molecule has 1 aliphatic heterocycles. The molecule has 0 aliphatic carbocycles. The highest BCUT2D eigenvalue weighted by Gasteiger charge is 2.12. The van der Waals surface area contributed by atoms with Gasteiger partial charge < -0.3 is 10.2 Å². The first kappa shape index (κ1) is 6.78. The van der Waals surface area contributed by atoms with E-state index in [1.807, 2.05) is 6.08 Å². The lowest BCUT2D eigenvalue weighted by atomic mass is 10.3. The second-order valence-electron chi connectivity index (χ2n) is 2.61. The average Bonchev–Trinajstić information content (AvgIpc) is 1.91. The smallest absolute Gasteiger partial charge is 0.127 e. The van der Waals surface area contributed by atoms with Crippen LogP contribution >= 0.6 is 0 Å². The molecule has 0 saturated carbocycles. The Hall–Kier alpha value is -0.340. The van der Waals surface area contributed by atoms with E-state index >= 15 is 0 Å². The second kappa shape index (κ2) is 3.64. The number of nitrogens with two attached hydrogens (primary N) is 1. The normalized spacial score (nSPS) is 21.8. The Bertz CT molecular complexity index is 84.9. The minimum atomic E-state index is 1.15. The lowest BCUT2D eigenvalue weighted by Crippen LogP contribution is -3.20. The molecule has 0 aromatic heterocycles. The fourth-order valence-corrected chi connectivity index (χ4v) is 1.29. The van der Waals surface area contributed by atoms with Crippen LogP contribution in [0.3, 0.4) is 0 Å². The van der Waals surface area contributed by atoms with Gasteiger partial charge in [-0.05, 0) is 6.08 Å². The van der Waals surface area contributed by atoms with Crippen LogP contribution in [0.1, 0.15) is 0 Å². The molecule has 9 heavy (non-hydrogen) atoms. The van der Waals surface area contributed by atoms with Gasteiger partial charge in [0.25, 0.3) is 0 Å². The molecule has 1 fully saturated rings. The highest BCUT2D eigenvalue weighted by atomic mass is 15.2. The van der Waals surface area contributed by atoms with Crippen LogP contribution in [-0.4, -0.2) is 32.7 Å². The summed E-state index contributed by atoms with van der Waals surface area (Å²) in [7, 11) is 0. The molecule has 1 heterocycles. The van der Waals surface area contributed by atoms with Crippen LogP contribution in [0.15, 0.2) is 12.7 Å². The minimum absolute atomic E-state index is 1.15. The summed E-state index contributed by atoms with van der Waals surface area (Å²) < 4.78 is 0. The predicted octanol–water partition coefficient (Wildman–Crippen LogP) is -2.37. The maximum atomic E-state index is 3.72. The Morgan fingerprint density at radius 1 is 1.44 bits per heavy atom. The zero-order valence-electron chi connectivity index (χ0n) is 5.90. The van der Waals surface area contributed by atoms with E-state index in [1.165, 1.54) is 26.2 Å².